The Morgan fingerprint density at radius 3 is 2.38 bits per heavy atom. The molecule has 2 aromatic carbocycles. The van der Waals surface area contributed by atoms with Crippen LogP contribution in [0.5, 0.6) is 5.75 Å². The second-order valence-electron chi connectivity index (χ2n) is 10.1. The number of piperidine rings is 1. The highest BCUT2D eigenvalue weighted by atomic mass is 32.2. The molecule has 210 valence electrons. The molecule has 2 heterocycles. The van der Waals surface area contributed by atoms with Gasteiger partial charge in [-0.25, -0.2) is 8.42 Å². The Kier molecular flexibility index (Phi) is 9.09. The quantitative estimate of drug-likeness (QED) is 0.271. The summed E-state index contributed by atoms with van der Waals surface area (Å²) in [6.07, 6.45) is 3.24. The fourth-order valence-corrected chi connectivity index (χ4v) is 6.70. The van der Waals surface area contributed by atoms with Gasteiger partial charge in [0.05, 0.1) is 23.1 Å². The number of likely N-dealkylation sites (tertiary alicyclic amines) is 1. The first-order valence-electron chi connectivity index (χ1n) is 13.4. The van der Waals surface area contributed by atoms with Crippen LogP contribution in [0.25, 0.3) is 5.76 Å². The summed E-state index contributed by atoms with van der Waals surface area (Å²) in [5.41, 5.74) is 0.776. The van der Waals surface area contributed by atoms with E-state index in [0.717, 1.165) is 25.8 Å². The second kappa shape index (κ2) is 12.3. The molecule has 2 aliphatic rings. The Morgan fingerprint density at radius 2 is 1.74 bits per heavy atom. The van der Waals surface area contributed by atoms with Crippen LogP contribution in [0.1, 0.15) is 49.8 Å². The van der Waals surface area contributed by atoms with Crippen LogP contribution in [0.2, 0.25) is 0 Å². The van der Waals surface area contributed by atoms with Gasteiger partial charge in [0, 0.05) is 25.2 Å². The van der Waals surface area contributed by atoms with E-state index >= 15 is 0 Å². The smallest absolute Gasteiger partial charge is 0.295 e. The van der Waals surface area contributed by atoms with Crippen LogP contribution in [0.4, 0.5) is 0 Å². The van der Waals surface area contributed by atoms with Crippen LogP contribution >= 0.6 is 0 Å². The lowest BCUT2D eigenvalue weighted by atomic mass is 9.95. The zero-order chi connectivity index (χ0) is 28.2. The first-order valence-corrected chi connectivity index (χ1v) is 14.9. The van der Waals surface area contributed by atoms with Crippen molar-refractivity contribution in [3.05, 3.63) is 65.2 Å². The molecule has 0 spiro atoms. The lowest BCUT2D eigenvalue weighted by Crippen LogP contribution is -2.35. The van der Waals surface area contributed by atoms with Gasteiger partial charge in [-0.05, 0) is 76.7 Å². The van der Waals surface area contributed by atoms with Crippen LogP contribution in [-0.4, -0.2) is 86.2 Å². The van der Waals surface area contributed by atoms with Gasteiger partial charge in [0.1, 0.15) is 11.5 Å². The summed E-state index contributed by atoms with van der Waals surface area (Å²) < 4.78 is 33.6. The van der Waals surface area contributed by atoms with Gasteiger partial charge in [-0.2, -0.15) is 4.31 Å². The maximum atomic E-state index is 13.3. The zero-order valence-electron chi connectivity index (χ0n) is 22.8. The van der Waals surface area contributed by atoms with E-state index in [2.05, 4.69) is 0 Å². The largest absolute Gasteiger partial charge is 0.507 e. The number of sulfonamides is 1. The number of hydrogen-bond acceptors (Lipinski definition) is 7. The first kappa shape index (κ1) is 28.8. The number of aliphatic hydroxyl groups excluding tert-OH is 1. The highest BCUT2D eigenvalue weighted by molar-refractivity contribution is 7.89. The van der Waals surface area contributed by atoms with E-state index in [-0.39, 0.29) is 16.0 Å². The van der Waals surface area contributed by atoms with Crippen molar-refractivity contribution in [2.45, 2.75) is 43.5 Å². The van der Waals surface area contributed by atoms with Gasteiger partial charge in [0.2, 0.25) is 10.0 Å². The number of ketones is 1. The van der Waals surface area contributed by atoms with Crippen molar-refractivity contribution in [2.75, 3.05) is 46.9 Å². The Labute approximate surface area is 230 Å². The van der Waals surface area contributed by atoms with Gasteiger partial charge in [-0.3, -0.25) is 9.59 Å². The van der Waals surface area contributed by atoms with E-state index in [1.54, 1.807) is 36.4 Å². The lowest BCUT2D eigenvalue weighted by molar-refractivity contribution is -0.139. The number of ether oxygens (including phenoxy) is 1. The molecule has 2 saturated heterocycles. The molecule has 2 aromatic rings. The Bertz CT molecular complexity index is 1330. The van der Waals surface area contributed by atoms with Crippen molar-refractivity contribution in [2.24, 2.45) is 0 Å². The van der Waals surface area contributed by atoms with Gasteiger partial charge in [0.15, 0.2) is 0 Å². The maximum absolute atomic E-state index is 13.3. The number of carbonyl (C=O) groups excluding carboxylic acids is 2. The monoisotopic (exact) mass is 555 g/mol. The minimum absolute atomic E-state index is 0.0475. The Balaban J connectivity index is 1.76. The predicted octanol–water partition coefficient (Wildman–Crippen LogP) is 3.63. The summed E-state index contributed by atoms with van der Waals surface area (Å²) in [6, 6.07) is 12.3. The molecule has 4 rings (SSSR count). The van der Waals surface area contributed by atoms with Crippen molar-refractivity contribution in [1.82, 2.24) is 14.1 Å². The molecule has 1 atom stereocenters. The summed E-state index contributed by atoms with van der Waals surface area (Å²) in [4.78, 5) is 30.1. The maximum Gasteiger partial charge on any atom is 0.295 e. The topological polar surface area (TPSA) is 107 Å². The summed E-state index contributed by atoms with van der Waals surface area (Å²) in [5.74, 6) is -1.22. The van der Waals surface area contributed by atoms with E-state index in [1.165, 1.54) is 21.3 Å². The van der Waals surface area contributed by atoms with Gasteiger partial charge in [-0.15, -0.1) is 0 Å². The molecule has 39 heavy (non-hydrogen) atoms. The standard InChI is InChI=1S/C29H37N3O6S/c1-4-38-23-14-12-21(13-15-23)26-25(28(34)29(35)32(26)19-9-16-30(2)3)27(33)22-10-8-11-24(20-22)39(36,37)31-17-6-5-7-18-31/h8,10-15,20,26,33H,4-7,9,16-19H2,1-3H3/t26-/m1/s1. The number of aliphatic hydroxyl groups is 1. The summed E-state index contributed by atoms with van der Waals surface area (Å²) in [6.45, 7) is 4.32. The molecule has 0 saturated carbocycles. The molecule has 0 bridgehead atoms. The number of benzene rings is 2. The zero-order valence-corrected chi connectivity index (χ0v) is 23.6. The van der Waals surface area contributed by atoms with Gasteiger partial charge in [0.25, 0.3) is 11.7 Å². The van der Waals surface area contributed by atoms with Crippen LogP contribution in [-0.2, 0) is 19.6 Å². The number of amides is 1. The minimum atomic E-state index is -3.75. The second-order valence-corrected chi connectivity index (χ2v) is 12.1. The fraction of sp³-hybridized carbons (Fsp3) is 0.448. The number of nitrogens with zero attached hydrogens (tertiary/aromatic N) is 3. The summed E-state index contributed by atoms with van der Waals surface area (Å²) in [7, 11) is 0.113. The predicted molar refractivity (Wildman–Crippen MR) is 149 cm³/mol. The van der Waals surface area contributed by atoms with E-state index in [9.17, 15) is 23.1 Å². The third kappa shape index (κ3) is 6.18. The minimum Gasteiger partial charge on any atom is -0.507 e. The molecule has 10 heteroatoms. The molecule has 9 nitrogen and oxygen atoms in total. The van der Waals surface area contributed by atoms with Crippen molar-refractivity contribution in [1.29, 1.82) is 0 Å². The third-order valence-electron chi connectivity index (χ3n) is 7.11. The van der Waals surface area contributed by atoms with Gasteiger partial charge >= 0.3 is 0 Å². The van der Waals surface area contributed by atoms with Crippen molar-refractivity contribution >= 4 is 27.5 Å². The molecule has 2 fully saturated rings. The number of Topliss-reactive ketones (excluding diaryl/α,β-unsaturated/α-hetero) is 1. The van der Waals surface area contributed by atoms with E-state index in [0.29, 0.717) is 44.0 Å². The molecule has 0 unspecified atom stereocenters. The molecule has 0 aliphatic carbocycles. The lowest BCUT2D eigenvalue weighted by Gasteiger charge is -2.26. The third-order valence-corrected chi connectivity index (χ3v) is 9.01. The van der Waals surface area contributed by atoms with Crippen LogP contribution < -0.4 is 4.74 Å². The van der Waals surface area contributed by atoms with Crippen molar-refractivity contribution < 1.29 is 27.9 Å². The van der Waals surface area contributed by atoms with Gasteiger partial charge < -0.3 is 19.6 Å². The molecular formula is C29H37N3O6S. The van der Waals surface area contributed by atoms with Crippen molar-refractivity contribution in [3.8, 4) is 5.75 Å². The number of carbonyl (C=O) groups is 2. The molecule has 0 radical (unpaired) electrons. The normalized spacial score (nSPS) is 20.1. The van der Waals surface area contributed by atoms with Crippen LogP contribution in [0, 0.1) is 0 Å². The van der Waals surface area contributed by atoms with E-state index < -0.39 is 33.5 Å². The molecule has 1 amide bonds. The van der Waals surface area contributed by atoms with Crippen molar-refractivity contribution in [3.63, 3.8) is 0 Å². The fourth-order valence-electron chi connectivity index (χ4n) is 5.14. The van der Waals surface area contributed by atoms with Crippen LogP contribution in [0.3, 0.4) is 0 Å². The molecule has 0 aromatic heterocycles. The van der Waals surface area contributed by atoms with E-state index in [1.807, 2.05) is 25.9 Å². The highest BCUT2D eigenvalue weighted by Crippen LogP contribution is 2.40. The van der Waals surface area contributed by atoms with Crippen LogP contribution in [0.15, 0.2) is 59.0 Å². The average Bonchev–Trinajstić information content (AvgIpc) is 3.18. The summed E-state index contributed by atoms with van der Waals surface area (Å²) >= 11 is 0. The number of rotatable bonds is 10. The number of hydrogen-bond donors (Lipinski definition) is 1. The molecule has 1 N–H and O–H groups in total. The summed E-state index contributed by atoms with van der Waals surface area (Å²) in [5, 5.41) is 11.4. The van der Waals surface area contributed by atoms with E-state index in [4.69, 9.17) is 4.74 Å². The average molecular weight is 556 g/mol. The Hall–Kier alpha value is -3.21. The van der Waals surface area contributed by atoms with Gasteiger partial charge in [-0.1, -0.05) is 30.7 Å². The highest BCUT2D eigenvalue weighted by Gasteiger charge is 2.46. The first-order chi connectivity index (χ1) is 18.6. The SMILES string of the molecule is CCOc1ccc([C@@H]2C(=C(O)c3cccc(S(=O)(=O)N4CCCCC4)c3)C(=O)C(=O)N2CCCN(C)C)cc1. The molecule has 2 aliphatic heterocycles. The Morgan fingerprint density at radius 1 is 1.05 bits per heavy atom. The molecular weight excluding hydrogens is 518 g/mol.